The topological polar surface area (TPSA) is 43.4 Å². The fraction of sp³-hybridized carbons (Fsp3) is 0.571. The van der Waals surface area contributed by atoms with Crippen LogP contribution in [0.25, 0.3) is 0 Å². The van der Waals surface area contributed by atoms with Gasteiger partial charge in [-0.3, -0.25) is 0 Å². The standard InChI is InChI=1S/C14H19ClO3S/c1-10(2)13-9-12(19(15,16)17)7-8-14(13)18-11-5-3-4-6-11/h7-11H,3-6H2,1-2H3. The van der Waals surface area contributed by atoms with E-state index in [1.54, 1.807) is 12.1 Å². The maximum absolute atomic E-state index is 11.4. The van der Waals surface area contributed by atoms with Crippen molar-refractivity contribution in [2.75, 3.05) is 0 Å². The molecule has 0 unspecified atom stereocenters. The lowest BCUT2D eigenvalue weighted by atomic mass is 10.0. The van der Waals surface area contributed by atoms with Crippen LogP contribution in [-0.2, 0) is 9.05 Å². The number of hydrogen-bond acceptors (Lipinski definition) is 3. The Bertz CT molecular complexity index is 546. The highest BCUT2D eigenvalue weighted by Crippen LogP contribution is 2.33. The minimum Gasteiger partial charge on any atom is -0.490 e. The van der Waals surface area contributed by atoms with E-state index in [4.69, 9.17) is 15.4 Å². The molecule has 0 saturated heterocycles. The lowest BCUT2D eigenvalue weighted by Gasteiger charge is -2.19. The summed E-state index contributed by atoms with van der Waals surface area (Å²) >= 11 is 0. The molecule has 0 spiro atoms. The third-order valence-corrected chi connectivity index (χ3v) is 4.83. The van der Waals surface area contributed by atoms with Gasteiger partial charge in [-0.2, -0.15) is 0 Å². The number of benzene rings is 1. The van der Waals surface area contributed by atoms with Crippen molar-refractivity contribution in [3.8, 4) is 5.75 Å². The monoisotopic (exact) mass is 302 g/mol. The molecule has 0 radical (unpaired) electrons. The molecule has 0 heterocycles. The van der Waals surface area contributed by atoms with E-state index in [1.165, 1.54) is 18.9 Å². The summed E-state index contributed by atoms with van der Waals surface area (Å²) in [4.78, 5) is 0.136. The minimum atomic E-state index is -3.69. The zero-order valence-corrected chi connectivity index (χ0v) is 12.8. The average Bonchev–Trinajstić information content (AvgIpc) is 2.80. The van der Waals surface area contributed by atoms with E-state index in [1.807, 2.05) is 13.8 Å². The lowest BCUT2D eigenvalue weighted by molar-refractivity contribution is 0.207. The van der Waals surface area contributed by atoms with Crippen molar-refractivity contribution in [1.29, 1.82) is 0 Å². The molecule has 0 aromatic heterocycles. The Kier molecular flexibility index (Phi) is 4.41. The Morgan fingerprint density at radius 2 is 1.89 bits per heavy atom. The molecule has 19 heavy (non-hydrogen) atoms. The Labute approximate surface area is 119 Å². The first-order valence-corrected chi connectivity index (χ1v) is 8.94. The SMILES string of the molecule is CC(C)c1cc(S(=O)(=O)Cl)ccc1OC1CCCC1. The number of rotatable bonds is 4. The number of ether oxygens (including phenoxy) is 1. The van der Waals surface area contributed by atoms with Gasteiger partial charge >= 0.3 is 0 Å². The second kappa shape index (κ2) is 5.71. The fourth-order valence-electron chi connectivity index (χ4n) is 2.42. The van der Waals surface area contributed by atoms with Crippen molar-refractivity contribution in [2.24, 2.45) is 0 Å². The number of halogens is 1. The Balaban J connectivity index is 2.32. The van der Waals surface area contributed by atoms with E-state index in [9.17, 15) is 8.42 Å². The first kappa shape index (κ1) is 14.7. The second-order valence-electron chi connectivity index (χ2n) is 5.32. The Morgan fingerprint density at radius 3 is 2.42 bits per heavy atom. The molecule has 0 amide bonds. The zero-order valence-electron chi connectivity index (χ0n) is 11.2. The van der Waals surface area contributed by atoms with Gasteiger partial charge in [0.25, 0.3) is 9.05 Å². The van der Waals surface area contributed by atoms with Crippen LogP contribution in [0.5, 0.6) is 5.75 Å². The van der Waals surface area contributed by atoms with Gasteiger partial charge in [0.2, 0.25) is 0 Å². The van der Waals surface area contributed by atoms with Crippen LogP contribution < -0.4 is 4.74 Å². The highest BCUT2D eigenvalue weighted by atomic mass is 35.7. The van der Waals surface area contributed by atoms with Gasteiger partial charge in [-0.25, -0.2) is 8.42 Å². The normalized spacial score (nSPS) is 17.1. The summed E-state index contributed by atoms with van der Waals surface area (Å²) in [6.45, 7) is 4.03. The smallest absolute Gasteiger partial charge is 0.261 e. The van der Waals surface area contributed by atoms with Gasteiger partial charge in [0, 0.05) is 10.7 Å². The molecule has 3 nitrogen and oxygen atoms in total. The molecule has 1 aromatic carbocycles. The van der Waals surface area contributed by atoms with Gasteiger partial charge in [-0.1, -0.05) is 13.8 Å². The first-order chi connectivity index (χ1) is 8.88. The van der Waals surface area contributed by atoms with Crippen LogP contribution in [0.4, 0.5) is 0 Å². The van der Waals surface area contributed by atoms with Crippen molar-refractivity contribution in [2.45, 2.75) is 56.4 Å². The first-order valence-electron chi connectivity index (χ1n) is 6.63. The third-order valence-electron chi connectivity index (χ3n) is 3.48. The largest absolute Gasteiger partial charge is 0.490 e. The molecule has 0 aliphatic heterocycles. The summed E-state index contributed by atoms with van der Waals surface area (Å²) in [7, 11) is 1.70. The molecule has 0 bridgehead atoms. The van der Waals surface area contributed by atoms with Crippen LogP contribution in [0.3, 0.4) is 0 Å². The third kappa shape index (κ3) is 3.63. The van der Waals surface area contributed by atoms with Crippen LogP contribution in [-0.4, -0.2) is 14.5 Å². The van der Waals surface area contributed by atoms with Crippen LogP contribution in [0.2, 0.25) is 0 Å². The van der Waals surface area contributed by atoms with E-state index in [2.05, 4.69) is 0 Å². The molecule has 1 fully saturated rings. The highest BCUT2D eigenvalue weighted by Gasteiger charge is 2.20. The molecule has 2 rings (SSSR count). The summed E-state index contributed by atoms with van der Waals surface area (Å²) in [5, 5.41) is 0. The van der Waals surface area contributed by atoms with Crippen molar-refractivity contribution >= 4 is 19.7 Å². The highest BCUT2D eigenvalue weighted by molar-refractivity contribution is 8.13. The van der Waals surface area contributed by atoms with Crippen molar-refractivity contribution in [1.82, 2.24) is 0 Å². The summed E-state index contributed by atoms with van der Waals surface area (Å²) in [5.74, 6) is 0.973. The van der Waals surface area contributed by atoms with Crippen molar-refractivity contribution in [3.63, 3.8) is 0 Å². The van der Waals surface area contributed by atoms with Gasteiger partial charge < -0.3 is 4.74 Å². The van der Waals surface area contributed by atoms with Gasteiger partial charge in [0.15, 0.2) is 0 Å². The van der Waals surface area contributed by atoms with Crippen LogP contribution >= 0.6 is 10.7 Å². The Hall–Kier alpha value is -0.740. The molecule has 5 heteroatoms. The number of hydrogen-bond donors (Lipinski definition) is 0. The maximum Gasteiger partial charge on any atom is 0.261 e. The molecular weight excluding hydrogens is 284 g/mol. The van der Waals surface area contributed by atoms with E-state index in [0.717, 1.165) is 24.2 Å². The van der Waals surface area contributed by atoms with Gasteiger partial charge in [-0.15, -0.1) is 0 Å². The van der Waals surface area contributed by atoms with Crippen LogP contribution in [0.15, 0.2) is 23.1 Å². The fourth-order valence-corrected chi connectivity index (χ4v) is 3.21. The summed E-state index contributed by atoms with van der Waals surface area (Å²) < 4.78 is 28.8. The van der Waals surface area contributed by atoms with Crippen molar-refractivity contribution < 1.29 is 13.2 Å². The van der Waals surface area contributed by atoms with E-state index in [0.29, 0.717) is 0 Å². The molecule has 1 aliphatic carbocycles. The molecule has 1 saturated carbocycles. The van der Waals surface area contributed by atoms with Gasteiger partial charge in [0.05, 0.1) is 11.0 Å². The molecule has 1 aliphatic rings. The minimum absolute atomic E-state index is 0.136. The van der Waals surface area contributed by atoms with Crippen LogP contribution in [0.1, 0.15) is 51.0 Å². The summed E-state index contributed by atoms with van der Waals surface area (Å²) in [6, 6.07) is 4.86. The predicted octanol–water partition coefficient (Wildman–Crippen LogP) is 4.06. The van der Waals surface area contributed by atoms with Crippen molar-refractivity contribution in [3.05, 3.63) is 23.8 Å². The molecule has 106 valence electrons. The second-order valence-corrected chi connectivity index (χ2v) is 7.88. The molecular formula is C14H19ClO3S. The summed E-state index contributed by atoms with van der Waals surface area (Å²) in [6.07, 6.45) is 4.82. The molecule has 0 N–H and O–H groups in total. The van der Waals surface area contributed by atoms with Gasteiger partial charge in [-0.05, 0) is 55.4 Å². The van der Waals surface area contributed by atoms with E-state index in [-0.39, 0.29) is 16.9 Å². The van der Waals surface area contributed by atoms with Crippen LogP contribution in [0, 0.1) is 0 Å². The zero-order chi connectivity index (χ0) is 14.0. The van der Waals surface area contributed by atoms with Gasteiger partial charge in [0.1, 0.15) is 5.75 Å². The van der Waals surface area contributed by atoms with E-state index >= 15 is 0 Å². The Morgan fingerprint density at radius 1 is 1.26 bits per heavy atom. The molecule has 1 aromatic rings. The predicted molar refractivity (Wildman–Crippen MR) is 76.5 cm³/mol. The molecule has 0 atom stereocenters. The average molecular weight is 303 g/mol. The maximum atomic E-state index is 11.4. The summed E-state index contributed by atoms with van der Waals surface area (Å²) in [5.41, 5.74) is 0.897. The quantitative estimate of drug-likeness (QED) is 0.788. The van der Waals surface area contributed by atoms with E-state index < -0.39 is 9.05 Å². The lowest BCUT2D eigenvalue weighted by Crippen LogP contribution is -2.12.